The molecule has 0 unspecified atom stereocenters. The number of aryl methyl sites for hydroxylation is 1. The Bertz CT molecular complexity index is 518. The van der Waals surface area contributed by atoms with Gasteiger partial charge in [-0.25, -0.2) is 0 Å². The smallest absolute Gasteiger partial charge is 0.277 e. The fourth-order valence-electron chi connectivity index (χ4n) is 2.13. The Morgan fingerprint density at radius 2 is 2.32 bits per heavy atom. The van der Waals surface area contributed by atoms with Gasteiger partial charge in [-0.3, -0.25) is 9.36 Å². The first-order valence-corrected chi connectivity index (χ1v) is 5.82. The van der Waals surface area contributed by atoms with Gasteiger partial charge in [0, 0.05) is 18.9 Å². The first-order chi connectivity index (χ1) is 8.99. The van der Waals surface area contributed by atoms with Gasteiger partial charge in [0.05, 0.1) is 6.61 Å². The highest BCUT2D eigenvalue weighted by molar-refractivity contribution is 5.21. The lowest BCUT2D eigenvalue weighted by Gasteiger charge is -2.22. The van der Waals surface area contributed by atoms with Gasteiger partial charge in [0.1, 0.15) is 18.3 Å². The number of nitrogens with zero attached hydrogens (tertiary/aromatic N) is 2. The lowest BCUT2D eigenvalue weighted by Crippen LogP contribution is -2.35. The topological polar surface area (TPSA) is 120 Å². The number of hydrogen-bond acceptors (Lipinski definition) is 7. The first-order valence-electron chi connectivity index (χ1n) is 5.82. The summed E-state index contributed by atoms with van der Waals surface area (Å²) in [5.41, 5.74) is 5.67. The summed E-state index contributed by atoms with van der Waals surface area (Å²) in [6, 6.07) is 0. The zero-order chi connectivity index (χ0) is 14.2. The van der Waals surface area contributed by atoms with E-state index in [1.54, 1.807) is 6.92 Å². The lowest BCUT2D eigenvalue weighted by atomic mass is 10.1. The van der Waals surface area contributed by atoms with Crippen LogP contribution in [0.25, 0.3) is 0 Å². The van der Waals surface area contributed by atoms with Crippen LogP contribution < -0.4 is 11.3 Å². The zero-order valence-electron chi connectivity index (χ0n) is 10.7. The molecule has 1 saturated heterocycles. The molecule has 4 N–H and O–H groups in total. The molecule has 0 amide bonds. The monoisotopic (exact) mass is 271 g/mol. The fraction of sp³-hybridized carbons (Fsp3) is 0.636. The quantitative estimate of drug-likeness (QED) is 0.605. The van der Waals surface area contributed by atoms with Crippen molar-refractivity contribution in [3.05, 3.63) is 22.1 Å². The number of aliphatic hydroxyl groups is 2. The van der Waals surface area contributed by atoms with Crippen molar-refractivity contribution in [3.8, 4) is 0 Å². The molecule has 0 spiro atoms. The summed E-state index contributed by atoms with van der Waals surface area (Å²) >= 11 is 0. The minimum absolute atomic E-state index is 0.0339. The molecule has 1 aliphatic heterocycles. The van der Waals surface area contributed by atoms with Crippen LogP contribution in [-0.4, -0.2) is 51.8 Å². The second-order valence-electron chi connectivity index (χ2n) is 4.43. The van der Waals surface area contributed by atoms with Crippen LogP contribution in [0.5, 0.6) is 0 Å². The molecule has 0 saturated carbocycles. The average molecular weight is 271 g/mol. The maximum absolute atomic E-state index is 11.4. The third-order valence-electron chi connectivity index (χ3n) is 3.19. The summed E-state index contributed by atoms with van der Waals surface area (Å²) < 4.78 is 12.1. The standard InChI is InChI=1S/C11H17N3O5/c1-5-3-14(11(12)13-9(5)17)10-8(18-2)7(16)6(4-15)19-10/h3,6-8,10,15-16H,4H2,1-2H3,(H2,12,13,17)/t6-,7-,8-,10-/m1/s1. The van der Waals surface area contributed by atoms with Crippen molar-refractivity contribution in [2.45, 2.75) is 31.5 Å². The maximum atomic E-state index is 11.4. The van der Waals surface area contributed by atoms with Crippen molar-refractivity contribution >= 4 is 5.95 Å². The van der Waals surface area contributed by atoms with Crippen molar-refractivity contribution < 1.29 is 19.7 Å². The molecule has 1 aliphatic rings. The summed E-state index contributed by atoms with van der Waals surface area (Å²) in [6.45, 7) is 1.26. The van der Waals surface area contributed by atoms with E-state index < -0.39 is 30.1 Å². The van der Waals surface area contributed by atoms with E-state index in [9.17, 15) is 9.90 Å². The lowest BCUT2D eigenvalue weighted by molar-refractivity contribution is -0.0596. The van der Waals surface area contributed by atoms with Crippen LogP contribution in [0.15, 0.2) is 11.0 Å². The van der Waals surface area contributed by atoms with Gasteiger partial charge in [0.25, 0.3) is 5.56 Å². The van der Waals surface area contributed by atoms with Gasteiger partial charge < -0.3 is 25.4 Å². The van der Waals surface area contributed by atoms with Crippen LogP contribution in [0.2, 0.25) is 0 Å². The number of aliphatic hydroxyl groups excluding tert-OH is 2. The van der Waals surface area contributed by atoms with E-state index in [4.69, 9.17) is 20.3 Å². The second-order valence-corrected chi connectivity index (χ2v) is 4.43. The molecule has 4 atom stereocenters. The highest BCUT2D eigenvalue weighted by Gasteiger charge is 2.45. The summed E-state index contributed by atoms with van der Waals surface area (Å²) in [4.78, 5) is 15.0. The molecule has 0 bridgehead atoms. The summed E-state index contributed by atoms with van der Waals surface area (Å²) in [5.74, 6) is -0.0339. The molecular formula is C11H17N3O5. The van der Waals surface area contributed by atoms with E-state index in [0.717, 1.165) is 0 Å². The van der Waals surface area contributed by atoms with Crippen LogP contribution >= 0.6 is 0 Å². The van der Waals surface area contributed by atoms with Gasteiger partial charge in [-0.05, 0) is 6.92 Å². The number of nitrogen functional groups attached to an aromatic ring is 1. The summed E-state index contributed by atoms with van der Waals surface area (Å²) in [6.07, 6.45) is -1.71. The summed E-state index contributed by atoms with van der Waals surface area (Å²) in [5, 5.41) is 19.1. The van der Waals surface area contributed by atoms with E-state index in [1.165, 1.54) is 17.9 Å². The predicted molar refractivity (Wildman–Crippen MR) is 65.4 cm³/mol. The van der Waals surface area contributed by atoms with Crippen molar-refractivity contribution in [2.75, 3.05) is 19.5 Å². The number of ether oxygens (including phenoxy) is 2. The van der Waals surface area contributed by atoms with E-state index in [0.29, 0.717) is 5.56 Å². The third-order valence-corrected chi connectivity index (χ3v) is 3.19. The third kappa shape index (κ3) is 2.35. The second kappa shape index (κ2) is 5.25. The molecule has 8 nitrogen and oxygen atoms in total. The largest absolute Gasteiger partial charge is 0.394 e. The SMILES string of the molecule is CO[C@@H]1[C@H](O)[C@@H](CO)O[C@H]1n1cc(C)c(=O)nc1N. The highest BCUT2D eigenvalue weighted by atomic mass is 16.6. The molecule has 2 heterocycles. The van der Waals surface area contributed by atoms with Crippen LogP contribution in [0.3, 0.4) is 0 Å². The zero-order valence-corrected chi connectivity index (χ0v) is 10.7. The molecule has 0 aromatic carbocycles. The van der Waals surface area contributed by atoms with Crippen LogP contribution in [0, 0.1) is 6.92 Å². The molecule has 1 aromatic rings. The number of hydrogen-bond donors (Lipinski definition) is 3. The Balaban J connectivity index is 2.41. The van der Waals surface area contributed by atoms with Crippen molar-refractivity contribution in [2.24, 2.45) is 0 Å². The Labute approximate surface area is 109 Å². The van der Waals surface area contributed by atoms with Crippen molar-refractivity contribution in [1.29, 1.82) is 0 Å². The van der Waals surface area contributed by atoms with E-state index >= 15 is 0 Å². The molecule has 1 aromatic heterocycles. The fourth-order valence-corrected chi connectivity index (χ4v) is 2.13. The predicted octanol–water partition coefficient (Wildman–Crippen LogP) is -1.60. The Morgan fingerprint density at radius 3 is 2.89 bits per heavy atom. The average Bonchev–Trinajstić information content (AvgIpc) is 2.70. The van der Waals surface area contributed by atoms with Gasteiger partial charge >= 0.3 is 0 Å². The van der Waals surface area contributed by atoms with Crippen LogP contribution in [-0.2, 0) is 9.47 Å². The van der Waals surface area contributed by atoms with Crippen molar-refractivity contribution in [1.82, 2.24) is 9.55 Å². The minimum atomic E-state index is -0.987. The number of rotatable bonds is 3. The van der Waals surface area contributed by atoms with Crippen LogP contribution in [0.4, 0.5) is 5.95 Å². The van der Waals surface area contributed by atoms with Gasteiger partial charge in [-0.1, -0.05) is 0 Å². The van der Waals surface area contributed by atoms with E-state index in [-0.39, 0.29) is 12.6 Å². The first kappa shape index (κ1) is 13.9. The molecule has 19 heavy (non-hydrogen) atoms. The number of nitrogens with two attached hydrogens (primary N) is 1. The minimum Gasteiger partial charge on any atom is -0.394 e. The molecule has 1 fully saturated rings. The molecular weight excluding hydrogens is 254 g/mol. The number of methoxy groups -OCH3 is 1. The number of aromatic nitrogens is 2. The summed E-state index contributed by atoms with van der Waals surface area (Å²) in [7, 11) is 1.42. The molecule has 0 radical (unpaired) electrons. The normalized spacial score (nSPS) is 30.7. The Morgan fingerprint density at radius 1 is 1.63 bits per heavy atom. The van der Waals surface area contributed by atoms with Crippen LogP contribution in [0.1, 0.15) is 11.8 Å². The van der Waals surface area contributed by atoms with Gasteiger partial charge in [0.15, 0.2) is 6.23 Å². The van der Waals surface area contributed by atoms with E-state index in [2.05, 4.69) is 4.98 Å². The maximum Gasteiger partial charge on any atom is 0.277 e. The van der Waals surface area contributed by atoms with Crippen molar-refractivity contribution in [3.63, 3.8) is 0 Å². The van der Waals surface area contributed by atoms with Gasteiger partial charge in [-0.15, -0.1) is 0 Å². The van der Waals surface area contributed by atoms with E-state index in [1.807, 2.05) is 0 Å². The molecule has 0 aliphatic carbocycles. The molecule has 106 valence electrons. The number of anilines is 1. The molecule has 2 rings (SSSR count). The Hall–Kier alpha value is -1.48. The van der Waals surface area contributed by atoms with Gasteiger partial charge in [-0.2, -0.15) is 4.98 Å². The molecule has 8 heteroatoms. The Kier molecular flexibility index (Phi) is 3.85. The van der Waals surface area contributed by atoms with Gasteiger partial charge in [0.2, 0.25) is 5.95 Å². The highest BCUT2D eigenvalue weighted by Crippen LogP contribution is 2.32.